The van der Waals surface area contributed by atoms with Gasteiger partial charge in [-0.1, -0.05) is 28.1 Å². The number of benzene rings is 1. The van der Waals surface area contributed by atoms with Gasteiger partial charge in [0.05, 0.1) is 7.11 Å². The minimum absolute atomic E-state index is 0.426. The molecule has 0 aliphatic carbocycles. The van der Waals surface area contributed by atoms with Crippen molar-refractivity contribution in [2.75, 3.05) is 7.11 Å². The SMILES string of the molecule is COc1ccc([C@H](Br)C(=O)Cl)cc1. The predicted octanol–water partition coefficient (Wildman–Crippen LogP) is 2.90. The van der Waals surface area contributed by atoms with Crippen LogP contribution in [-0.2, 0) is 4.79 Å². The van der Waals surface area contributed by atoms with Gasteiger partial charge < -0.3 is 4.74 Å². The lowest BCUT2D eigenvalue weighted by Crippen LogP contribution is -1.97. The van der Waals surface area contributed by atoms with Gasteiger partial charge in [0.1, 0.15) is 10.6 Å². The Labute approximate surface area is 90.0 Å². The van der Waals surface area contributed by atoms with Gasteiger partial charge in [0.15, 0.2) is 0 Å². The predicted molar refractivity (Wildman–Crippen MR) is 55.5 cm³/mol. The van der Waals surface area contributed by atoms with Crippen molar-refractivity contribution in [2.45, 2.75) is 4.83 Å². The summed E-state index contributed by atoms with van der Waals surface area (Å²) >= 11 is 8.49. The molecule has 1 aromatic carbocycles. The van der Waals surface area contributed by atoms with Crippen LogP contribution >= 0.6 is 27.5 Å². The molecule has 0 heterocycles. The average Bonchev–Trinajstić information content (AvgIpc) is 2.17. The Bertz CT molecular complexity index is 297. The maximum Gasteiger partial charge on any atom is 0.239 e. The lowest BCUT2D eigenvalue weighted by atomic mass is 10.1. The molecule has 0 radical (unpaired) electrons. The van der Waals surface area contributed by atoms with Gasteiger partial charge in [-0.3, -0.25) is 4.79 Å². The Hall–Kier alpha value is -0.540. The van der Waals surface area contributed by atoms with Crippen molar-refractivity contribution >= 4 is 32.8 Å². The van der Waals surface area contributed by atoms with Crippen molar-refractivity contribution in [3.63, 3.8) is 0 Å². The van der Waals surface area contributed by atoms with E-state index in [-0.39, 0.29) is 0 Å². The molecule has 0 bridgehead atoms. The van der Waals surface area contributed by atoms with E-state index in [2.05, 4.69) is 15.9 Å². The number of rotatable bonds is 3. The first-order valence-electron chi connectivity index (χ1n) is 3.62. The Morgan fingerprint density at radius 1 is 1.46 bits per heavy atom. The molecule has 13 heavy (non-hydrogen) atoms. The fourth-order valence-corrected chi connectivity index (χ4v) is 1.34. The monoisotopic (exact) mass is 262 g/mol. The van der Waals surface area contributed by atoms with Crippen LogP contribution in [0.15, 0.2) is 24.3 Å². The third kappa shape index (κ3) is 2.71. The molecule has 0 aliphatic rings. The Balaban J connectivity index is 2.85. The van der Waals surface area contributed by atoms with Crippen molar-refractivity contribution in [3.8, 4) is 5.75 Å². The summed E-state index contributed by atoms with van der Waals surface area (Å²) in [6.45, 7) is 0. The fraction of sp³-hybridized carbons (Fsp3) is 0.222. The molecule has 0 aliphatic heterocycles. The van der Waals surface area contributed by atoms with Crippen molar-refractivity contribution in [1.29, 1.82) is 0 Å². The zero-order chi connectivity index (χ0) is 9.84. The van der Waals surface area contributed by atoms with Gasteiger partial charge in [-0.2, -0.15) is 0 Å². The van der Waals surface area contributed by atoms with Gasteiger partial charge in [-0.25, -0.2) is 0 Å². The molecule has 0 unspecified atom stereocenters. The van der Waals surface area contributed by atoms with E-state index >= 15 is 0 Å². The number of alkyl halides is 1. The summed E-state index contributed by atoms with van der Waals surface area (Å²) in [5, 5.41) is -0.426. The van der Waals surface area contributed by atoms with Gasteiger partial charge in [0, 0.05) is 0 Å². The molecule has 70 valence electrons. The van der Waals surface area contributed by atoms with Crippen molar-refractivity contribution in [2.24, 2.45) is 0 Å². The summed E-state index contributed by atoms with van der Waals surface area (Å²) < 4.78 is 4.98. The van der Waals surface area contributed by atoms with Crippen LogP contribution in [0, 0.1) is 0 Å². The van der Waals surface area contributed by atoms with Gasteiger partial charge in [0.2, 0.25) is 5.24 Å². The second kappa shape index (κ2) is 4.63. The first-order valence-corrected chi connectivity index (χ1v) is 4.92. The fourth-order valence-electron chi connectivity index (χ4n) is 0.904. The second-order valence-corrected chi connectivity index (χ2v) is 3.73. The van der Waals surface area contributed by atoms with Crippen LogP contribution in [0.1, 0.15) is 10.4 Å². The van der Waals surface area contributed by atoms with Crippen LogP contribution in [0.3, 0.4) is 0 Å². The lowest BCUT2D eigenvalue weighted by molar-refractivity contribution is -0.111. The van der Waals surface area contributed by atoms with Gasteiger partial charge in [-0.15, -0.1) is 0 Å². The molecule has 1 atom stereocenters. The molecule has 4 heteroatoms. The summed E-state index contributed by atoms with van der Waals surface area (Å²) in [5.74, 6) is 0.755. The van der Waals surface area contributed by atoms with Crippen molar-refractivity contribution in [3.05, 3.63) is 29.8 Å². The number of halogens is 2. The van der Waals surface area contributed by atoms with E-state index in [0.29, 0.717) is 0 Å². The van der Waals surface area contributed by atoms with E-state index in [1.165, 1.54) is 0 Å². The van der Waals surface area contributed by atoms with Crippen LogP contribution in [-0.4, -0.2) is 12.4 Å². The summed E-state index contributed by atoms with van der Waals surface area (Å²) in [7, 11) is 1.59. The van der Waals surface area contributed by atoms with Gasteiger partial charge in [-0.05, 0) is 29.3 Å². The van der Waals surface area contributed by atoms with E-state index in [0.717, 1.165) is 11.3 Å². The minimum Gasteiger partial charge on any atom is -0.497 e. The summed E-state index contributed by atoms with van der Waals surface area (Å²) in [5.41, 5.74) is 0.820. The number of carbonyl (C=O) groups is 1. The number of methoxy groups -OCH3 is 1. The Morgan fingerprint density at radius 3 is 2.38 bits per heavy atom. The smallest absolute Gasteiger partial charge is 0.239 e. The molecule has 0 saturated carbocycles. The lowest BCUT2D eigenvalue weighted by Gasteiger charge is -2.05. The maximum absolute atomic E-state index is 10.8. The number of hydrogen-bond acceptors (Lipinski definition) is 2. The average molecular weight is 264 g/mol. The summed E-state index contributed by atoms with van der Waals surface area (Å²) in [6.07, 6.45) is 0. The van der Waals surface area contributed by atoms with Crippen LogP contribution in [0.5, 0.6) is 5.75 Å². The Morgan fingerprint density at radius 2 is 2.00 bits per heavy atom. The van der Waals surface area contributed by atoms with E-state index in [1.807, 2.05) is 0 Å². The highest BCUT2D eigenvalue weighted by Crippen LogP contribution is 2.26. The molecule has 0 saturated heterocycles. The highest BCUT2D eigenvalue weighted by molar-refractivity contribution is 9.09. The largest absolute Gasteiger partial charge is 0.497 e. The molecule has 1 rings (SSSR count). The van der Waals surface area contributed by atoms with Gasteiger partial charge >= 0.3 is 0 Å². The molecular weight excluding hydrogens is 255 g/mol. The molecular formula is C9H8BrClO2. The number of hydrogen-bond donors (Lipinski definition) is 0. The minimum atomic E-state index is -0.444. The quantitative estimate of drug-likeness (QED) is 0.619. The van der Waals surface area contributed by atoms with E-state index in [4.69, 9.17) is 16.3 Å². The van der Waals surface area contributed by atoms with E-state index in [1.54, 1.807) is 31.4 Å². The maximum atomic E-state index is 10.8. The highest BCUT2D eigenvalue weighted by atomic mass is 79.9. The summed E-state index contributed by atoms with van der Waals surface area (Å²) in [4.78, 5) is 10.3. The summed E-state index contributed by atoms with van der Waals surface area (Å²) in [6, 6.07) is 7.14. The van der Waals surface area contributed by atoms with Crippen LogP contribution in [0.2, 0.25) is 0 Å². The normalized spacial score (nSPS) is 12.2. The van der Waals surface area contributed by atoms with Crippen molar-refractivity contribution < 1.29 is 9.53 Å². The topological polar surface area (TPSA) is 26.3 Å². The molecule has 2 nitrogen and oxygen atoms in total. The zero-order valence-corrected chi connectivity index (χ0v) is 9.30. The van der Waals surface area contributed by atoms with Crippen LogP contribution in [0.4, 0.5) is 0 Å². The van der Waals surface area contributed by atoms with E-state index < -0.39 is 10.1 Å². The third-order valence-corrected chi connectivity index (χ3v) is 3.03. The first-order chi connectivity index (χ1) is 6.15. The van der Waals surface area contributed by atoms with Gasteiger partial charge in [0.25, 0.3) is 0 Å². The standard InChI is InChI=1S/C9H8BrClO2/c1-13-7-4-2-6(3-5-7)8(10)9(11)12/h2-5,8H,1H3/t8-/m0/s1. The molecule has 0 fully saturated rings. The van der Waals surface area contributed by atoms with Crippen molar-refractivity contribution in [1.82, 2.24) is 0 Å². The molecule has 0 amide bonds. The molecule has 0 aromatic heterocycles. The van der Waals surface area contributed by atoms with Crippen LogP contribution in [0.25, 0.3) is 0 Å². The first kappa shape index (κ1) is 10.5. The second-order valence-electron chi connectivity index (χ2n) is 2.44. The number of ether oxygens (including phenoxy) is 1. The molecule has 0 N–H and O–H groups in total. The molecule has 0 spiro atoms. The molecule has 1 aromatic rings. The zero-order valence-electron chi connectivity index (χ0n) is 6.96. The highest BCUT2D eigenvalue weighted by Gasteiger charge is 2.13. The van der Waals surface area contributed by atoms with E-state index in [9.17, 15) is 4.79 Å². The third-order valence-electron chi connectivity index (χ3n) is 1.61. The Kier molecular flexibility index (Phi) is 3.75. The number of carbonyl (C=O) groups excluding carboxylic acids is 1. The van der Waals surface area contributed by atoms with Crippen LogP contribution < -0.4 is 4.74 Å².